The number of rotatable bonds is 3. The Morgan fingerprint density at radius 2 is 1.70 bits per heavy atom. The van der Waals surface area contributed by atoms with Gasteiger partial charge in [0.2, 0.25) is 15.9 Å². The highest BCUT2D eigenvalue weighted by Gasteiger charge is 2.34. The van der Waals surface area contributed by atoms with Crippen molar-refractivity contribution >= 4 is 27.7 Å². The fourth-order valence-corrected chi connectivity index (χ4v) is 5.67. The van der Waals surface area contributed by atoms with Crippen LogP contribution in [0.15, 0.2) is 71.6 Å². The molecule has 5 heterocycles. The van der Waals surface area contributed by atoms with Crippen molar-refractivity contribution in [3.63, 3.8) is 0 Å². The Balaban J connectivity index is 1.37. The van der Waals surface area contributed by atoms with Crippen LogP contribution in [0, 0.1) is 0 Å². The van der Waals surface area contributed by atoms with Gasteiger partial charge in [0.05, 0.1) is 18.0 Å². The second-order valence-electron chi connectivity index (χ2n) is 10.6. The second kappa shape index (κ2) is 13.3. The third-order valence-electron chi connectivity index (χ3n) is 7.54. The van der Waals surface area contributed by atoms with Crippen molar-refractivity contribution in [1.29, 1.82) is 0 Å². The van der Waals surface area contributed by atoms with Crippen LogP contribution in [-0.2, 0) is 32.6 Å². The maximum Gasteiger partial charge on any atom is 0.258 e. The van der Waals surface area contributed by atoms with Crippen LogP contribution in [0.2, 0.25) is 0 Å². The van der Waals surface area contributed by atoms with E-state index >= 15 is 0 Å². The molecule has 5 aliphatic heterocycles. The third-order valence-corrected chi connectivity index (χ3v) is 8.47. The average molecular weight is 623 g/mol. The van der Waals surface area contributed by atoms with Gasteiger partial charge in [-0.3, -0.25) is 14.4 Å². The normalized spacial score (nSPS) is 19.5. The van der Waals surface area contributed by atoms with Crippen LogP contribution < -0.4 is 30.0 Å². The lowest BCUT2D eigenvalue weighted by atomic mass is 10.0. The lowest BCUT2D eigenvalue weighted by molar-refractivity contribution is -0.125. The first-order chi connectivity index (χ1) is 21.1. The molecule has 0 radical (unpaired) electrons. The Morgan fingerprint density at radius 1 is 0.977 bits per heavy atom. The number of hydrogen-bond acceptors (Lipinski definition) is 8. The number of sulfonamides is 1. The standard InChI is InChI=1S/C31H34N4O8S/c1-41-28-16-20-4-12-27(28)42-19-30(37)34-25-18-35(31(38)22-6-10-24(11-7-22)44(32,39)40)15-14-26(25)43-23-8-2-21(3-9-23)17-33-29(36)13-5-20/h2-4,6-12,16,25-26H,5,13-15,17-19H2,1H3,(H,33,36)(H,34,37)(H2,32,39,40)/t25-,26-/m1/s1. The first kappa shape index (κ1) is 30.8. The highest BCUT2D eigenvalue weighted by atomic mass is 32.2. The maximum atomic E-state index is 13.3. The molecule has 13 heteroatoms. The van der Waals surface area contributed by atoms with E-state index in [1.54, 1.807) is 29.2 Å². The van der Waals surface area contributed by atoms with Crippen LogP contribution in [0.3, 0.4) is 0 Å². The zero-order valence-corrected chi connectivity index (χ0v) is 25.0. The number of ether oxygens (including phenoxy) is 3. The number of nitrogens with two attached hydrogens (primary N) is 1. The average Bonchev–Trinajstić information content (AvgIpc) is 3.02. The van der Waals surface area contributed by atoms with Gasteiger partial charge in [-0.25, -0.2) is 13.6 Å². The lowest BCUT2D eigenvalue weighted by Gasteiger charge is -2.39. The van der Waals surface area contributed by atoms with E-state index in [-0.39, 0.29) is 35.4 Å². The molecule has 0 aromatic heterocycles. The van der Waals surface area contributed by atoms with Crippen molar-refractivity contribution in [2.24, 2.45) is 5.14 Å². The molecule has 0 saturated carbocycles. The molecule has 8 rings (SSSR count). The smallest absolute Gasteiger partial charge is 0.258 e. The molecule has 1 saturated heterocycles. The second-order valence-corrected chi connectivity index (χ2v) is 12.2. The van der Waals surface area contributed by atoms with Gasteiger partial charge in [0, 0.05) is 38.0 Å². The van der Waals surface area contributed by atoms with E-state index in [1.165, 1.54) is 31.4 Å². The summed E-state index contributed by atoms with van der Waals surface area (Å²) in [7, 11) is -2.40. The lowest BCUT2D eigenvalue weighted by Crippen LogP contribution is -2.58. The molecule has 2 atom stereocenters. The Morgan fingerprint density at radius 3 is 2.41 bits per heavy atom. The molecule has 1 fully saturated rings. The zero-order valence-electron chi connectivity index (χ0n) is 24.2. The number of amides is 3. The van der Waals surface area contributed by atoms with E-state index in [1.807, 2.05) is 18.2 Å². The van der Waals surface area contributed by atoms with Crippen molar-refractivity contribution in [3.05, 3.63) is 83.4 Å². The summed E-state index contributed by atoms with van der Waals surface area (Å²) in [6.07, 6.45) is 0.762. The Kier molecular flexibility index (Phi) is 9.35. The zero-order chi connectivity index (χ0) is 31.3. The number of aryl methyl sites for hydroxylation is 1. The topological polar surface area (TPSA) is 166 Å². The van der Waals surface area contributed by atoms with Crippen LogP contribution in [0.4, 0.5) is 0 Å². The number of primary sulfonamides is 1. The summed E-state index contributed by atoms with van der Waals surface area (Å²) in [5, 5.41) is 11.1. The van der Waals surface area contributed by atoms with E-state index in [9.17, 15) is 22.8 Å². The number of nitrogens with zero attached hydrogens (tertiary/aromatic N) is 1. The van der Waals surface area contributed by atoms with Crippen LogP contribution in [-0.4, -0.2) is 70.0 Å². The molecule has 0 spiro atoms. The molecule has 3 aromatic rings. The number of hydrogen-bond donors (Lipinski definition) is 3. The van der Waals surface area contributed by atoms with Crippen LogP contribution in [0.5, 0.6) is 17.2 Å². The molecule has 232 valence electrons. The van der Waals surface area contributed by atoms with E-state index in [0.29, 0.717) is 49.6 Å². The van der Waals surface area contributed by atoms with Gasteiger partial charge in [-0.1, -0.05) is 18.2 Å². The quantitative estimate of drug-likeness (QED) is 0.398. The van der Waals surface area contributed by atoms with Gasteiger partial charge in [0.1, 0.15) is 11.9 Å². The van der Waals surface area contributed by atoms with Crippen LogP contribution >= 0.6 is 0 Å². The minimum atomic E-state index is -3.90. The number of carbonyl (C=O) groups is 3. The maximum absolute atomic E-state index is 13.3. The van der Waals surface area contributed by atoms with Crippen LogP contribution in [0.25, 0.3) is 0 Å². The highest BCUT2D eigenvalue weighted by Crippen LogP contribution is 2.29. The Bertz CT molecular complexity index is 1630. The van der Waals surface area contributed by atoms with Gasteiger partial charge in [0.25, 0.3) is 11.8 Å². The minimum absolute atomic E-state index is 0.0831. The molecule has 4 bridgehead atoms. The largest absolute Gasteiger partial charge is 0.493 e. The van der Waals surface area contributed by atoms with Crippen molar-refractivity contribution in [1.82, 2.24) is 15.5 Å². The highest BCUT2D eigenvalue weighted by molar-refractivity contribution is 7.89. The summed E-state index contributed by atoms with van der Waals surface area (Å²) >= 11 is 0. The number of methoxy groups -OCH3 is 1. The number of likely N-dealkylation sites (tertiary alicyclic amines) is 1. The Hall–Kier alpha value is -4.62. The predicted octanol–water partition coefficient (Wildman–Crippen LogP) is 1.76. The van der Waals surface area contributed by atoms with Gasteiger partial charge >= 0.3 is 0 Å². The van der Waals surface area contributed by atoms with Crippen molar-refractivity contribution < 1.29 is 37.0 Å². The molecule has 3 amide bonds. The van der Waals surface area contributed by atoms with Gasteiger partial charge in [-0.15, -0.1) is 0 Å². The molecular weight excluding hydrogens is 588 g/mol. The Labute approximate surface area is 255 Å². The first-order valence-corrected chi connectivity index (χ1v) is 15.7. The molecule has 0 unspecified atom stereocenters. The summed E-state index contributed by atoms with van der Waals surface area (Å²) in [5.41, 5.74) is 2.08. The van der Waals surface area contributed by atoms with Crippen molar-refractivity contribution in [2.75, 3.05) is 26.8 Å². The summed E-state index contributed by atoms with van der Waals surface area (Å²) < 4.78 is 40.8. The van der Waals surface area contributed by atoms with Crippen molar-refractivity contribution in [2.45, 2.75) is 42.8 Å². The van der Waals surface area contributed by atoms with Gasteiger partial charge in [-0.2, -0.15) is 0 Å². The fraction of sp³-hybridized carbons (Fsp3) is 0.323. The third kappa shape index (κ3) is 7.66. The van der Waals surface area contributed by atoms with Gasteiger partial charge < -0.3 is 29.7 Å². The molecular formula is C31H34N4O8S. The number of benzene rings is 3. The molecule has 4 N–H and O–H groups in total. The summed E-state index contributed by atoms with van der Waals surface area (Å²) in [5.74, 6) is 0.577. The molecule has 44 heavy (non-hydrogen) atoms. The SMILES string of the molecule is COc1cc2ccc1OCC(=O)N[C@@H]1CN(C(=O)c3ccc(S(N)(=O)=O)cc3)CC[C@H]1Oc1ccc(cc1)CNC(=O)CC2. The number of carbonyl (C=O) groups excluding carboxylic acids is 3. The molecule has 3 aromatic carbocycles. The molecule has 12 nitrogen and oxygen atoms in total. The molecule has 0 aliphatic carbocycles. The van der Waals surface area contributed by atoms with E-state index in [0.717, 1.165) is 11.1 Å². The number of piperidine rings is 1. The van der Waals surface area contributed by atoms with Crippen LogP contribution in [0.1, 0.15) is 34.3 Å². The van der Waals surface area contributed by atoms with Crippen molar-refractivity contribution in [3.8, 4) is 17.2 Å². The first-order valence-electron chi connectivity index (χ1n) is 14.1. The monoisotopic (exact) mass is 622 g/mol. The van der Waals surface area contributed by atoms with E-state index in [2.05, 4.69) is 10.6 Å². The van der Waals surface area contributed by atoms with E-state index < -0.39 is 28.1 Å². The summed E-state index contributed by atoms with van der Waals surface area (Å²) in [4.78, 5) is 40.4. The number of nitrogens with one attached hydrogen (secondary N) is 2. The molecule has 5 aliphatic rings. The summed E-state index contributed by atoms with van der Waals surface area (Å²) in [6.45, 7) is 0.552. The van der Waals surface area contributed by atoms with Gasteiger partial charge in [0.15, 0.2) is 18.1 Å². The fourth-order valence-electron chi connectivity index (χ4n) is 5.15. The predicted molar refractivity (Wildman–Crippen MR) is 160 cm³/mol. The van der Waals surface area contributed by atoms with Gasteiger partial charge in [-0.05, 0) is 66.1 Å². The van der Waals surface area contributed by atoms with E-state index in [4.69, 9.17) is 19.3 Å². The minimum Gasteiger partial charge on any atom is -0.493 e. The summed E-state index contributed by atoms with van der Waals surface area (Å²) in [6, 6.07) is 17.5.